The van der Waals surface area contributed by atoms with Gasteiger partial charge < -0.3 is 10.6 Å². The smallest absolute Gasteiger partial charge is 0.239 e. The van der Waals surface area contributed by atoms with Crippen molar-refractivity contribution in [3.8, 4) is 0 Å². The zero-order chi connectivity index (χ0) is 8.97. The first-order valence-electron chi connectivity index (χ1n) is 4.34. The van der Waals surface area contributed by atoms with Gasteiger partial charge in [0.15, 0.2) is 0 Å². The summed E-state index contributed by atoms with van der Waals surface area (Å²) < 4.78 is 0. The molecule has 2 N–H and O–H groups in total. The van der Waals surface area contributed by atoms with Gasteiger partial charge in [-0.15, -0.1) is 0 Å². The Kier molecular flexibility index (Phi) is 3.88. The highest BCUT2D eigenvalue weighted by Gasteiger charge is 2.18. The molecule has 1 heterocycles. The minimum atomic E-state index is -0.340. The average molecular weight is 188 g/mol. The molecule has 4 heteroatoms. The second-order valence-electron chi connectivity index (χ2n) is 3.08. The highest BCUT2D eigenvalue weighted by atomic mass is 32.2. The number of rotatable bonds is 1. The quantitative estimate of drug-likeness (QED) is 0.644. The van der Waals surface area contributed by atoms with Gasteiger partial charge in [-0.25, -0.2) is 0 Å². The number of hydrogen-bond donors (Lipinski definition) is 1. The van der Waals surface area contributed by atoms with Crippen LogP contribution in [0.2, 0.25) is 0 Å². The van der Waals surface area contributed by atoms with E-state index < -0.39 is 0 Å². The molecule has 0 spiro atoms. The molecule has 0 aromatic rings. The third-order valence-corrected chi connectivity index (χ3v) is 2.97. The van der Waals surface area contributed by atoms with Gasteiger partial charge in [0.1, 0.15) is 0 Å². The van der Waals surface area contributed by atoms with Crippen LogP contribution in [0.5, 0.6) is 0 Å². The first-order chi connectivity index (χ1) is 5.72. The van der Waals surface area contributed by atoms with E-state index in [2.05, 4.69) is 0 Å². The average Bonchev–Trinajstić information content (AvgIpc) is 2.30. The van der Waals surface area contributed by atoms with Crippen molar-refractivity contribution >= 4 is 17.7 Å². The molecule has 1 saturated heterocycles. The molecule has 70 valence electrons. The van der Waals surface area contributed by atoms with Crippen molar-refractivity contribution in [2.45, 2.75) is 19.4 Å². The van der Waals surface area contributed by atoms with E-state index in [-0.39, 0.29) is 11.9 Å². The number of carbonyl (C=O) groups excluding carboxylic acids is 1. The van der Waals surface area contributed by atoms with Gasteiger partial charge in [-0.3, -0.25) is 4.79 Å². The lowest BCUT2D eigenvalue weighted by atomic mass is 10.3. The largest absolute Gasteiger partial charge is 0.341 e. The molecule has 12 heavy (non-hydrogen) atoms. The molecule has 0 aliphatic carbocycles. The summed E-state index contributed by atoms with van der Waals surface area (Å²) in [6.45, 7) is 3.50. The van der Waals surface area contributed by atoms with Crippen LogP contribution in [0.4, 0.5) is 0 Å². The predicted octanol–water partition coefficient (Wildman–Crippen LogP) is 0.299. The summed E-state index contributed by atoms with van der Waals surface area (Å²) in [4.78, 5) is 13.3. The minimum Gasteiger partial charge on any atom is -0.341 e. The summed E-state index contributed by atoms with van der Waals surface area (Å²) in [6.07, 6.45) is 1.10. The van der Waals surface area contributed by atoms with Crippen molar-refractivity contribution < 1.29 is 4.79 Å². The third kappa shape index (κ3) is 2.68. The lowest BCUT2D eigenvalue weighted by Crippen LogP contribution is -2.43. The van der Waals surface area contributed by atoms with E-state index in [0.29, 0.717) is 0 Å². The second kappa shape index (κ2) is 4.72. The summed E-state index contributed by atoms with van der Waals surface area (Å²) in [5, 5.41) is 0. The van der Waals surface area contributed by atoms with Crippen LogP contribution in [0.15, 0.2) is 0 Å². The van der Waals surface area contributed by atoms with Crippen molar-refractivity contribution in [2.75, 3.05) is 24.6 Å². The fourth-order valence-electron chi connectivity index (χ4n) is 1.25. The predicted molar refractivity (Wildman–Crippen MR) is 52.2 cm³/mol. The second-order valence-corrected chi connectivity index (χ2v) is 4.30. The number of amides is 1. The molecule has 1 amide bonds. The molecule has 1 fully saturated rings. The molecular formula is C8H16N2OS. The van der Waals surface area contributed by atoms with E-state index in [0.717, 1.165) is 25.3 Å². The van der Waals surface area contributed by atoms with Gasteiger partial charge in [0.25, 0.3) is 0 Å². The zero-order valence-electron chi connectivity index (χ0n) is 7.45. The lowest BCUT2D eigenvalue weighted by molar-refractivity contribution is -0.131. The molecule has 1 atom stereocenters. The molecule has 1 aliphatic rings. The molecule has 0 unspecified atom stereocenters. The monoisotopic (exact) mass is 188 g/mol. The number of nitrogens with zero attached hydrogens (tertiary/aromatic N) is 1. The fourth-order valence-corrected chi connectivity index (χ4v) is 2.14. The van der Waals surface area contributed by atoms with E-state index in [4.69, 9.17) is 5.73 Å². The standard InChI is InChI=1S/C8H16N2OS/c1-7(9)8(11)10-3-2-5-12-6-4-10/h7H,2-6,9H2,1H3/t7-/m0/s1. The lowest BCUT2D eigenvalue weighted by Gasteiger charge is -2.21. The highest BCUT2D eigenvalue weighted by Crippen LogP contribution is 2.10. The number of thioether (sulfide) groups is 1. The Balaban J connectivity index is 2.43. The van der Waals surface area contributed by atoms with E-state index in [9.17, 15) is 4.79 Å². The highest BCUT2D eigenvalue weighted by molar-refractivity contribution is 7.99. The van der Waals surface area contributed by atoms with Crippen molar-refractivity contribution in [3.63, 3.8) is 0 Å². The van der Waals surface area contributed by atoms with Crippen molar-refractivity contribution in [1.82, 2.24) is 4.90 Å². The Labute approximate surface area is 77.7 Å². The summed E-state index contributed by atoms with van der Waals surface area (Å²) in [5.41, 5.74) is 5.52. The van der Waals surface area contributed by atoms with Gasteiger partial charge in [0, 0.05) is 18.8 Å². The van der Waals surface area contributed by atoms with Gasteiger partial charge in [-0.1, -0.05) is 0 Å². The van der Waals surface area contributed by atoms with Crippen molar-refractivity contribution in [1.29, 1.82) is 0 Å². The summed E-state index contributed by atoms with van der Waals surface area (Å²) >= 11 is 1.91. The van der Waals surface area contributed by atoms with Crippen LogP contribution in [0, 0.1) is 0 Å². The number of hydrogen-bond acceptors (Lipinski definition) is 3. The molecule has 0 aromatic heterocycles. The fraction of sp³-hybridized carbons (Fsp3) is 0.875. The third-order valence-electron chi connectivity index (χ3n) is 1.92. The minimum absolute atomic E-state index is 0.0949. The van der Waals surface area contributed by atoms with Gasteiger partial charge >= 0.3 is 0 Å². The molecule has 1 aliphatic heterocycles. The first kappa shape index (κ1) is 9.86. The van der Waals surface area contributed by atoms with E-state index in [1.807, 2.05) is 16.7 Å². The van der Waals surface area contributed by atoms with Gasteiger partial charge in [-0.05, 0) is 19.1 Å². The Morgan fingerprint density at radius 1 is 1.50 bits per heavy atom. The number of carbonyl (C=O) groups is 1. The van der Waals surface area contributed by atoms with Crippen LogP contribution in [-0.4, -0.2) is 41.4 Å². The Bertz CT molecular complexity index is 153. The van der Waals surface area contributed by atoms with Crippen LogP contribution in [0.3, 0.4) is 0 Å². The van der Waals surface area contributed by atoms with Gasteiger partial charge in [-0.2, -0.15) is 11.8 Å². The molecule has 0 radical (unpaired) electrons. The Hall–Kier alpha value is -0.220. The Morgan fingerprint density at radius 3 is 2.92 bits per heavy atom. The van der Waals surface area contributed by atoms with Crippen molar-refractivity contribution in [3.05, 3.63) is 0 Å². The van der Waals surface area contributed by atoms with Crippen LogP contribution < -0.4 is 5.73 Å². The molecule has 0 bridgehead atoms. The summed E-state index contributed by atoms with van der Waals surface area (Å²) in [6, 6.07) is -0.340. The van der Waals surface area contributed by atoms with E-state index in [1.54, 1.807) is 6.92 Å². The van der Waals surface area contributed by atoms with E-state index in [1.165, 1.54) is 5.75 Å². The summed E-state index contributed by atoms with van der Waals surface area (Å²) in [7, 11) is 0. The van der Waals surface area contributed by atoms with Crippen LogP contribution in [0.1, 0.15) is 13.3 Å². The summed E-state index contributed by atoms with van der Waals surface area (Å²) in [5.74, 6) is 2.32. The first-order valence-corrected chi connectivity index (χ1v) is 5.49. The van der Waals surface area contributed by atoms with Crippen LogP contribution >= 0.6 is 11.8 Å². The normalized spacial score (nSPS) is 21.7. The van der Waals surface area contributed by atoms with Gasteiger partial charge in [0.2, 0.25) is 5.91 Å². The molecule has 3 nitrogen and oxygen atoms in total. The molecular weight excluding hydrogens is 172 g/mol. The molecule has 0 saturated carbocycles. The van der Waals surface area contributed by atoms with Crippen LogP contribution in [-0.2, 0) is 4.79 Å². The maximum Gasteiger partial charge on any atom is 0.239 e. The topological polar surface area (TPSA) is 46.3 Å². The molecule has 1 rings (SSSR count). The maximum absolute atomic E-state index is 11.4. The van der Waals surface area contributed by atoms with Crippen LogP contribution in [0.25, 0.3) is 0 Å². The van der Waals surface area contributed by atoms with Gasteiger partial charge in [0.05, 0.1) is 6.04 Å². The van der Waals surface area contributed by atoms with Crippen molar-refractivity contribution in [2.24, 2.45) is 5.73 Å². The SMILES string of the molecule is C[C@H](N)C(=O)N1CCCSCC1. The maximum atomic E-state index is 11.4. The van der Waals surface area contributed by atoms with E-state index >= 15 is 0 Å². The Morgan fingerprint density at radius 2 is 2.25 bits per heavy atom. The molecule has 0 aromatic carbocycles. The number of nitrogens with two attached hydrogens (primary N) is 1. The zero-order valence-corrected chi connectivity index (χ0v) is 8.27.